The van der Waals surface area contributed by atoms with Crippen LogP contribution in [0.15, 0.2) is 206 Å². The number of para-hydroxylation sites is 3. The number of benzene rings is 9. The van der Waals surface area contributed by atoms with Crippen molar-refractivity contribution in [1.82, 2.24) is 4.57 Å². The van der Waals surface area contributed by atoms with E-state index in [1.807, 2.05) is 22.7 Å². The maximum absolute atomic E-state index is 2.45. The zero-order valence-electron chi connectivity index (χ0n) is 31.3. The van der Waals surface area contributed by atoms with Gasteiger partial charge in [-0.25, -0.2) is 0 Å². The summed E-state index contributed by atoms with van der Waals surface area (Å²) in [5, 5.41) is 7.74. The van der Waals surface area contributed by atoms with E-state index in [9.17, 15) is 0 Å². The fourth-order valence-electron chi connectivity index (χ4n) is 8.99. The topological polar surface area (TPSA) is 8.17 Å². The number of hydrogen-bond acceptors (Lipinski definition) is 3. The molecule has 12 aromatic rings. The zero-order valence-corrected chi connectivity index (χ0v) is 33.0. The molecule has 12 rings (SSSR count). The minimum Gasteiger partial charge on any atom is -0.310 e. The van der Waals surface area contributed by atoms with Crippen molar-refractivity contribution in [3.8, 4) is 27.9 Å². The average Bonchev–Trinajstić information content (AvgIpc) is 3.96. The smallest absolute Gasteiger partial charge is 0.0554 e. The third-order valence-corrected chi connectivity index (χ3v) is 13.9. The van der Waals surface area contributed by atoms with E-state index in [1.165, 1.54) is 95.8 Å². The van der Waals surface area contributed by atoms with Crippen LogP contribution >= 0.6 is 22.7 Å². The number of hydrogen-bond donors (Lipinski definition) is 0. The van der Waals surface area contributed by atoms with Gasteiger partial charge in [0.1, 0.15) is 0 Å². The quantitative estimate of drug-likeness (QED) is 0.163. The highest BCUT2D eigenvalue weighted by atomic mass is 32.1. The lowest BCUT2D eigenvalue weighted by Crippen LogP contribution is -2.10. The highest BCUT2D eigenvalue weighted by Gasteiger charge is 2.20. The van der Waals surface area contributed by atoms with Gasteiger partial charge in [-0.05, 0) is 89.5 Å². The number of aromatic nitrogens is 1. The van der Waals surface area contributed by atoms with Crippen LogP contribution in [0.2, 0.25) is 0 Å². The SMILES string of the molecule is c1cc(-c2ccc(N(c3ccc4c(c3)sc3ccccc34)c3cccc4sc5ccccc5c34)cc2)cc(-c2ccccc2-n2c3ccccc3c3ccccc32)c1. The molecule has 0 bridgehead atoms. The van der Waals surface area contributed by atoms with Crippen LogP contribution in [0.1, 0.15) is 0 Å². The Bertz CT molecular complexity index is 3480. The molecule has 3 heterocycles. The predicted molar refractivity (Wildman–Crippen MR) is 252 cm³/mol. The van der Waals surface area contributed by atoms with E-state index >= 15 is 0 Å². The first-order valence-corrected chi connectivity index (χ1v) is 21.3. The van der Waals surface area contributed by atoms with Crippen molar-refractivity contribution >= 4 is 102 Å². The minimum absolute atomic E-state index is 1.12. The van der Waals surface area contributed by atoms with Crippen LogP contribution in [0, 0.1) is 0 Å². The second-order valence-corrected chi connectivity index (χ2v) is 17.0. The van der Waals surface area contributed by atoms with Crippen molar-refractivity contribution in [2.45, 2.75) is 0 Å². The Hall–Kier alpha value is -6.98. The molecule has 0 amide bonds. The van der Waals surface area contributed by atoms with Crippen molar-refractivity contribution in [2.75, 3.05) is 4.90 Å². The second kappa shape index (κ2) is 13.3. The first-order valence-electron chi connectivity index (χ1n) is 19.7. The molecule has 0 N–H and O–H groups in total. The molecule has 0 aliphatic carbocycles. The molecule has 0 aliphatic heterocycles. The molecule has 4 heteroatoms. The monoisotopic (exact) mass is 774 g/mol. The largest absolute Gasteiger partial charge is 0.310 e. The Morgan fingerprint density at radius 3 is 1.71 bits per heavy atom. The fraction of sp³-hybridized carbons (Fsp3) is 0. The van der Waals surface area contributed by atoms with E-state index in [0.717, 1.165) is 11.4 Å². The standard InChI is InChI=1S/C54H34N2S2/c1-6-20-46(56-47-21-7-2-16-41(47)42-17-3-8-22-48(42)56)40(15-1)37-14-11-13-36(33-37)35-27-29-38(30-28-35)55(39-31-32-44-43-18-4-9-24-50(43)58-53(44)34-39)49-23-12-26-52-54(49)45-19-5-10-25-51(45)57-52/h1-34H. The molecule has 0 radical (unpaired) electrons. The van der Waals surface area contributed by atoms with Crippen LogP contribution in [0.3, 0.4) is 0 Å². The molecular formula is C54H34N2S2. The highest BCUT2D eigenvalue weighted by Crippen LogP contribution is 2.47. The molecule has 58 heavy (non-hydrogen) atoms. The van der Waals surface area contributed by atoms with Crippen molar-refractivity contribution in [3.63, 3.8) is 0 Å². The Kier molecular flexibility index (Phi) is 7.62. The molecule has 0 atom stereocenters. The van der Waals surface area contributed by atoms with Gasteiger partial charge in [-0.15, -0.1) is 22.7 Å². The first kappa shape index (κ1) is 33.2. The second-order valence-electron chi connectivity index (χ2n) is 14.9. The summed E-state index contributed by atoms with van der Waals surface area (Å²) in [6, 6.07) is 75.6. The van der Waals surface area contributed by atoms with Crippen molar-refractivity contribution in [2.24, 2.45) is 0 Å². The third-order valence-electron chi connectivity index (χ3n) is 11.6. The van der Waals surface area contributed by atoms with Crippen LogP contribution in [0.5, 0.6) is 0 Å². The third kappa shape index (κ3) is 5.23. The Balaban J connectivity index is 0.981. The molecular weight excluding hydrogens is 741 g/mol. The van der Waals surface area contributed by atoms with Crippen LogP contribution in [-0.4, -0.2) is 4.57 Å². The van der Waals surface area contributed by atoms with E-state index in [4.69, 9.17) is 0 Å². The van der Waals surface area contributed by atoms with Crippen LogP contribution in [0.25, 0.3) is 90.1 Å². The molecule has 2 nitrogen and oxygen atoms in total. The lowest BCUT2D eigenvalue weighted by atomic mass is 9.97. The summed E-state index contributed by atoms with van der Waals surface area (Å²) in [5.74, 6) is 0. The predicted octanol–water partition coefficient (Wildman–Crippen LogP) is 16.3. The molecule has 0 saturated carbocycles. The molecule has 0 spiro atoms. The van der Waals surface area contributed by atoms with E-state index < -0.39 is 0 Å². The zero-order chi connectivity index (χ0) is 38.2. The lowest BCUT2D eigenvalue weighted by molar-refractivity contribution is 1.18. The number of nitrogens with zero attached hydrogens (tertiary/aromatic N) is 2. The number of thiophene rings is 2. The van der Waals surface area contributed by atoms with Crippen molar-refractivity contribution in [3.05, 3.63) is 206 Å². The molecule has 9 aromatic carbocycles. The van der Waals surface area contributed by atoms with Crippen LogP contribution in [-0.2, 0) is 0 Å². The molecule has 0 unspecified atom stereocenters. The summed E-state index contributed by atoms with van der Waals surface area (Å²) in [4.78, 5) is 2.45. The average molecular weight is 775 g/mol. The molecule has 3 aromatic heterocycles. The number of rotatable bonds is 6. The van der Waals surface area contributed by atoms with Gasteiger partial charge >= 0.3 is 0 Å². The summed E-state index contributed by atoms with van der Waals surface area (Å²) < 4.78 is 7.63. The Morgan fingerprint density at radius 1 is 0.345 bits per heavy atom. The van der Waals surface area contributed by atoms with Crippen molar-refractivity contribution in [1.29, 1.82) is 0 Å². The van der Waals surface area contributed by atoms with E-state index in [0.29, 0.717) is 0 Å². The Morgan fingerprint density at radius 2 is 0.914 bits per heavy atom. The van der Waals surface area contributed by atoms with Crippen molar-refractivity contribution < 1.29 is 0 Å². The highest BCUT2D eigenvalue weighted by molar-refractivity contribution is 7.26. The molecule has 272 valence electrons. The van der Waals surface area contributed by atoms with Crippen LogP contribution in [0.4, 0.5) is 17.1 Å². The maximum Gasteiger partial charge on any atom is 0.0554 e. The lowest BCUT2D eigenvalue weighted by Gasteiger charge is -2.27. The molecule has 0 saturated heterocycles. The van der Waals surface area contributed by atoms with E-state index in [-0.39, 0.29) is 0 Å². The Labute approximate surface area is 343 Å². The minimum atomic E-state index is 1.12. The van der Waals surface area contributed by atoms with Gasteiger partial charge in [-0.2, -0.15) is 0 Å². The summed E-state index contributed by atoms with van der Waals surface area (Å²) in [6.07, 6.45) is 0. The normalized spacial score (nSPS) is 11.8. The van der Waals surface area contributed by atoms with Gasteiger partial charge in [-0.1, -0.05) is 133 Å². The van der Waals surface area contributed by atoms with Crippen LogP contribution < -0.4 is 4.90 Å². The van der Waals surface area contributed by atoms with Gasteiger partial charge in [0, 0.05) is 68.1 Å². The first-order chi connectivity index (χ1) is 28.8. The summed E-state index contributed by atoms with van der Waals surface area (Å²) in [7, 11) is 0. The summed E-state index contributed by atoms with van der Waals surface area (Å²) >= 11 is 3.73. The van der Waals surface area contributed by atoms with Gasteiger partial charge in [0.15, 0.2) is 0 Å². The maximum atomic E-state index is 2.45. The number of anilines is 3. The van der Waals surface area contributed by atoms with E-state index in [2.05, 4.69) is 216 Å². The van der Waals surface area contributed by atoms with Gasteiger partial charge in [0.25, 0.3) is 0 Å². The number of fused-ring (bicyclic) bond motifs is 9. The fourth-order valence-corrected chi connectivity index (χ4v) is 11.3. The van der Waals surface area contributed by atoms with Gasteiger partial charge in [-0.3, -0.25) is 0 Å². The van der Waals surface area contributed by atoms with Gasteiger partial charge in [0.05, 0.1) is 22.4 Å². The van der Waals surface area contributed by atoms with Gasteiger partial charge < -0.3 is 9.47 Å². The van der Waals surface area contributed by atoms with E-state index in [1.54, 1.807) is 0 Å². The summed E-state index contributed by atoms with van der Waals surface area (Å²) in [6.45, 7) is 0. The van der Waals surface area contributed by atoms with Gasteiger partial charge in [0.2, 0.25) is 0 Å². The summed E-state index contributed by atoms with van der Waals surface area (Å²) in [5.41, 5.74) is 11.8. The molecule has 0 aliphatic rings. The molecule has 0 fully saturated rings.